The van der Waals surface area contributed by atoms with Gasteiger partial charge in [-0.2, -0.15) is 4.98 Å². The third kappa shape index (κ3) is 5.76. The van der Waals surface area contributed by atoms with Crippen molar-refractivity contribution in [3.63, 3.8) is 0 Å². The van der Waals surface area contributed by atoms with Crippen LogP contribution in [0.5, 0.6) is 5.88 Å². The summed E-state index contributed by atoms with van der Waals surface area (Å²) in [6, 6.07) is 9.06. The molecule has 1 aromatic heterocycles. The van der Waals surface area contributed by atoms with Crippen LogP contribution in [-0.2, 0) is 9.47 Å². The first-order valence-corrected chi connectivity index (χ1v) is 12.6. The van der Waals surface area contributed by atoms with Crippen LogP contribution in [0.3, 0.4) is 0 Å². The van der Waals surface area contributed by atoms with E-state index < -0.39 is 0 Å². The van der Waals surface area contributed by atoms with E-state index in [0.717, 1.165) is 62.8 Å². The van der Waals surface area contributed by atoms with Gasteiger partial charge in [-0.05, 0) is 62.1 Å². The summed E-state index contributed by atoms with van der Waals surface area (Å²) >= 11 is 0. The Hall–Kier alpha value is -2.38. The van der Waals surface area contributed by atoms with Gasteiger partial charge in [0.15, 0.2) is 0 Å². The maximum Gasteiger partial charge on any atom is 0.226 e. The quantitative estimate of drug-likeness (QED) is 0.691. The molecule has 2 aromatic rings. The molecule has 3 heterocycles. The second-order valence-electron chi connectivity index (χ2n) is 9.62. The standard InChI is InChI=1S/C26H36N4O3/c1-19-4-8-21(9-5-19)28-26-27-17-24(25(29-26)33-23-3-2-14-32-18-23)20-6-10-22(11-7-20)30-12-15-31-16-13-30/h6-7,10-11,17,19,21,23H,2-5,8-9,12-16,18H2,1H3,(H,27,28,29)/t19-,21-,23-/m1/s1. The Morgan fingerprint density at radius 2 is 1.76 bits per heavy atom. The number of rotatable bonds is 6. The number of hydrogen-bond acceptors (Lipinski definition) is 7. The van der Waals surface area contributed by atoms with Crippen molar-refractivity contribution in [1.82, 2.24) is 9.97 Å². The second kappa shape index (κ2) is 10.7. The molecule has 7 nitrogen and oxygen atoms in total. The highest BCUT2D eigenvalue weighted by molar-refractivity contribution is 5.70. The van der Waals surface area contributed by atoms with Crippen LogP contribution in [-0.4, -0.2) is 61.6 Å². The Bertz CT molecular complexity index is 887. The van der Waals surface area contributed by atoms with E-state index in [4.69, 9.17) is 19.2 Å². The first kappa shape index (κ1) is 22.4. The fourth-order valence-corrected chi connectivity index (χ4v) is 4.95. The predicted octanol–water partition coefficient (Wildman–Crippen LogP) is 4.53. The molecule has 0 spiro atoms. The average Bonchev–Trinajstić information content (AvgIpc) is 2.87. The van der Waals surface area contributed by atoms with E-state index >= 15 is 0 Å². The number of nitrogens with zero attached hydrogens (tertiary/aromatic N) is 3. The Labute approximate surface area is 196 Å². The predicted molar refractivity (Wildman–Crippen MR) is 130 cm³/mol. The number of nitrogens with one attached hydrogen (secondary N) is 1. The normalized spacial score (nSPS) is 26.1. The number of anilines is 2. The Kier molecular flexibility index (Phi) is 7.27. The molecule has 1 aliphatic carbocycles. The summed E-state index contributed by atoms with van der Waals surface area (Å²) in [4.78, 5) is 11.9. The van der Waals surface area contributed by atoms with Crippen molar-refractivity contribution in [3.8, 4) is 17.0 Å². The number of morpholine rings is 1. The van der Waals surface area contributed by atoms with Crippen LogP contribution >= 0.6 is 0 Å². The third-order valence-corrected chi connectivity index (χ3v) is 7.05. The molecule has 1 saturated carbocycles. The van der Waals surface area contributed by atoms with E-state index in [0.29, 0.717) is 24.5 Å². The fraction of sp³-hybridized carbons (Fsp3) is 0.615. The molecule has 3 fully saturated rings. The molecule has 7 heteroatoms. The number of aromatic nitrogens is 2. The van der Waals surface area contributed by atoms with Crippen LogP contribution < -0.4 is 15.0 Å². The van der Waals surface area contributed by atoms with Crippen LogP contribution in [0.2, 0.25) is 0 Å². The van der Waals surface area contributed by atoms with E-state index in [-0.39, 0.29) is 6.10 Å². The van der Waals surface area contributed by atoms with Crippen LogP contribution in [0, 0.1) is 5.92 Å². The summed E-state index contributed by atoms with van der Waals surface area (Å²) in [5, 5.41) is 3.56. The minimum atomic E-state index is 0.0309. The summed E-state index contributed by atoms with van der Waals surface area (Å²) in [5.74, 6) is 2.12. The van der Waals surface area contributed by atoms with Gasteiger partial charge in [-0.1, -0.05) is 19.1 Å². The zero-order chi connectivity index (χ0) is 22.5. The Morgan fingerprint density at radius 3 is 2.48 bits per heavy atom. The maximum absolute atomic E-state index is 6.39. The van der Waals surface area contributed by atoms with Crippen molar-refractivity contribution in [1.29, 1.82) is 0 Å². The summed E-state index contributed by atoms with van der Waals surface area (Å²) in [5.41, 5.74) is 3.21. The monoisotopic (exact) mass is 452 g/mol. The largest absolute Gasteiger partial charge is 0.471 e. The summed E-state index contributed by atoms with van der Waals surface area (Å²) in [7, 11) is 0. The molecule has 1 atom stereocenters. The number of ether oxygens (including phenoxy) is 3. The summed E-state index contributed by atoms with van der Waals surface area (Å²) < 4.78 is 17.5. The van der Waals surface area contributed by atoms with Gasteiger partial charge in [0.05, 0.1) is 25.4 Å². The molecule has 2 aliphatic heterocycles. The minimum absolute atomic E-state index is 0.0309. The van der Waals surface area contributed by atoms with Crippen LogP contribution in [0.1, 0.15) is 45.4 Å². The van der Waals surface area contributed by atoms with Crippen molar-refractivity contribution in [2.24, 2.45) is 5.92 Å². The van der Waals surface area contributed by atoms with Gasteiger partial charge in [0.25, 0.3) is 0 Å². The molecular weight excluding hydrogens is 416 g/mol. The average molecular weight is 453 g/mol. The van der Waals surface area contributed by atoms with Crippen LogP contribution in [0.15, 0.2) is 30.5 Å². The molecule has 2 saturated heterocycles. The second-order valence-corrected chi connectivity index (χ2v) is 9.62. The first-order valence-electron chi connectivity index (χ1n) is 12.6. The molecule has 3 aliphatic rings. The van der Waals surface area contributed by atoms with Gasteiger partial charge < -0.3 is 24.4 Å². The summed E-state index contributed by atoms with van der Waals surface area (Å²) in [6.07, 6.45) is 8.80. The van der Waals surface area contributed by atoms with Crippen LogP contribution in [0.4, 0.5) is 11.6 Å². The summed E-state index contributed by atoms with van der Waals surface area (Å²) in [6.45, 7) is 7.19. The molecular formula is C26H36N4O3. The Balaban J connectivity index is 1.36. The zero-order valence-corrected chi connectivity index (χ0v) is 19.7. The molecule has 0 radical (unpaired) electrons. The van der Waals surface area contributed by atoms with Gasteiger partial charge in [-0.3, -0.25) is 0 Å². The highest BCUT2D eigenvalue weighted by atomic mass is 16.5. The van der Waals surface area contributed by atoms with Gasteiger partial charge in [0.2, 0.25) is 11.8 Å². The van der Waals surface area contributed by atoms with Crippen molar-refractivity contribution in [2.75, 3.05) is 49.7 Å². The number of benzene rings is 1. The minimum Gasteiger partial charge on any atom is -0.471 e. The van der Waals surface area contributed by atoms with Gasteiger partial charge in [0, 0.05) is 37.6 Å². The van der Waals surface area contributed by atoms with Gasteiger partial charge in [-0.15, -0.1) is 0 Å². The molecule has 1 N–H and O–H groups in total. The van der Waals surface area contributed by atoms with Crippen molar-refractivity contribution < 1.29 is 14.2 Å². The van der Waals surface area contributed by atoms with Gasteiger partial charge in [0.1, 0.15) is 6.10 Å². The molecule has 0 unspecified atom stereocenters. The van der Waals surface area contributed by atoms with Crippen molar-refractivity contribution in [2.45, 2.75) is 57.6 Å². The lowest BCUT2D eigenvalue weighted by Gasteiger charge is -2.29. The number of hydrogen-bond donors (Lipinski definition) is 1. The highest BCUT2D eigenvalue weighted by Crippen LogP contribution is 2.33. The van der Waals surface area contributed by atoms with E-state index in [1.54, 1.807) is 0 Å². The lowest BCUT2D eigenvalue weighted by Crippen LogP contribution is -2.36. The van der Waals surface area contributed by atoms with E-state index in [2.05, 4.69) is 46.4 Å². The molecule has 33 heavy (non-hydrogen) atoms. The zero-order valence-electron chi connectivity index (χ0n) is 19.7. The molecule has 0 amide bonds. The lowest BCUT2D eigenvalue weighted by molar-refractivity contribution is 0.00578. The lowest BCUT2D eigenvalue weighted by atomic mass is 9.87. The molecule has 178 valence electrons. The van der Waals surface area contributed by atoms with Gasteiger partial charge >= 0.3 is 0 Å². The molecule has 5 rings (SSSR count). The smallest absolute Gasteiger partial charge is 0.226 e. The van der Waals surface area contributed by atoms with E-state index in [9.17, 15) is 0 Å². The van der Waals surface area contributed by atoms with E-state index in [1.807, 2.05) is 6.20 Å². The Morgan fingerprint density at radius 1 is 0.970 bits per heavy atom. The maximum atomic E-state index is 6.39. The molecule has 1 aromatic carbocycles. The van der Waals surface area contributed by atoms with Crippen molar-refractivity contribution in [3.05, 3.63) is 30.5 Å². The first-order chi connectivity index (χ1) is 16.2. The SMILES string of the molecule is C[C@H]1CC[C@H](Nc2ncc(-c3ccc(N4CCOCC4)cc3)c(O[C@@H]3CCCOC3)n2)CC1. The molecule has 0 bridgehead atoms. The fourth-order valence-electron chi connectivity index (χ4n) is 4.95. The van der Waals surface area contributed by atoms with Crippen LogP contribution in [0.25, 0.3) is 11.1 Å². The third-order valence-electron chi connectivity index (χ3n) is 7.05. The van der Waals surface area contributed by atoms with E-state index in [1.165, 1.54) is 31.4 Å². The van der Waals surface area contributed by atoms with Crippen molar-refractivity contribution >= 4 is 11.6 Å². The highest BCUT2D eigenvalue weighted by Gasteiger charge is 2.22. The topological polar surface area (TPSA) is 68.7 Å². The van der Waals surface area contributed by atoms with Gasteiger partial charge in [-0.25, -0.2) is 4.98 Å².